The molecule has 1 amide bonds. The minimum absolute atomic E-state index is 0.0111. The molecule has 0 fully saturated rings. The van der Waals surface area contributed by atoms with E-state index in [1.165, 1.54) is 36.8 Å². The zero-order valence-corrected chi connectivity index (χ0v) is 9.96. The third-order valence-corrected chi connectivity index (χ3v) is 2.50. The molecule has 0 radical (unpaired) electrons. The van der Waals surface area contributed by atoms with Crippen LogP contribution in [0.3, 0.4) is 0 Å². The number of halogens is 1. The minimum atomic E-state index is -0.473. The second-order valence-electron chi connectivity index (χ2n) is 3.52. The zero-order chi connectivity index (χ0) is 13.1. The van der Waals surface area contributed by atoms with E-state index >= 15 is 0 Å². The van der Waals surface area contributed by atoms with Gasteiger partial charge in [0.15, 0.2) is 0 Å². The average Bonchev–Trinajstić information content (AvgIpc) is 2.84. The highest BCUT2D eigenvalue weighted by molar-refractivity contribution is 7.80. The van der Waals surface area contributed by atoms with Crippen LogP contribution >= 0.6 is 12.2 Å². The van der Waals surface area contributed by atoms with E-state index in [0.29, 0.717) is 11.3 Å². The first-order valence-electron chi connectivity index (χ1n) is 5.01. The summed E-state index contributed by atoms with van der Waals surface area (Å²) in [5.41, 5.74) is 6.46. The van der Waals surface area contributed by atoms with Crippen molar-refractivity contribution in [2.75, 3.05) is 5.32 Å². The second kappa shape index (κ2) is 4.97. The first-order chi connectivity index (χ1) is 8.58. The smallest absolute Gasteiger partial charge is 0.258 e. The normalized spacial score (nSPS) is 10.1. The summed E-state index contributed by atoms with van der Waals surface area (Å²) in [5.74, 6) is -0.855. The standard InChI is InChI=1S/C12H9FN2O2S/c13-8-1-2-10(9(5-8)11(14)18)15-12(16)7-3-4-17-6-7/h1-6H,(H2,14,18)(H,15,16). The van der Waals surface area contributed by atoms with Gasteiger partial charge >= 0.3 is 0 Å². The molecule has 0 spiro atoms. The Morgan fingerprint density at radius 2 is 2.17 bits per heavy atom. The highest BCUT2D eigenvalue weighted by atomic mass is 32.1. The van der Waals surface area contributed by atoms with Gasteiger partial charge in [-0.05, 0) is 24.3 Å². The molecule has 2 rings (SSSR count). The summed E-state index contributed by atoms with van der Waals surface area (Å²) < 4.78 is 17.9. The van der Waals surface area contributed by atoms with Crippen molar-refractivity contribution in [2.45, 2.75) is 0 Å². The fourth-order valence-electron chi connectivity index (χ4n) is 1.42. The number of anilines is 1. The van der Waals surface area contributed by atoms with Crippen LogP contribution in [0.15, 0.2) is 41.2 Å². The largest absolute Gasteiger partial charge is 0.472 e. The number of nitrogens with one attached hydrogen (secondary N) is 1. The molecule has 3 N–H and O–H groups in total. The van der Waals surface area contributed by atoms with E-state index < -0.39 is 5.82 Å². The molecule has 4 nitrogen and oxygen atoms in total. The first-order valence-corrected chi connectivity index (χ1v) is 5.41. The Morgan fingerprint density at radius 1 is 1.39 bits per heavy atom. The molecule has 1 heterocycles. The van der Waals surface area contributed by atoms with Crippen LogP contribution in [-0.2, 0) is 0 Å². The van der Waals surface area contributed by atoms with Crippen molar-refractivity contribution in [3.8, 4) is 0 Å². The van der Waals surface area contributed by atoms with Crippen LogP contribution in [0, 0.1) is 5.82 Å². The molecule has 0 saturated heterocycles. The summed E-state index contributed by atoms with van der Waals surface area (Å²) in [5, 5.41) is 2.59. The van der Waals surface area contributed by atoms with Gasteiger partial charge in [0, 0.05) is 5.56 Å². The maximum atomic E-state index is 13.1. The molecule has 0 saturated carbocycles. The van der Waals surface area contributed by atoms with Crippen LogP contribution in [0.5, 0.6) is 0 Å². The number of amides is 1. The van der Waals surface area contributed by atoms with E-state index in [4.69, 9.17) is 22.4 Å². The zero-order valence-electron chi connectivity index (χ0n) is 9.14. The number of thiocarbonyl (C=S) groups is 1. The maximum Gasteiger partial charge on any atom is 0.258 e. The quantitative estimate of drug-likeness (QED) is 0.835. The highest BCUT2D eigenvalue weighted by Gasteiger charge is 2.12. The summed E-state index contributed by atoms with van der Waals surface area (Å²) in [6.07, 6.45) is 2.69. The Labute approximate surface area is 108 Å². The van der Waals surface area contributed by atoms with Gasteiger partial charge in [0.2, 0.25) is 0 Å². The van der Waals surface area contributed by atoms with E-state index in [0.717, 1.165) is 0 Å². The summed E-state index contributed by atoms with van der Waals surface area (Å²) in [4.78, 5) is 11.8. The van der Waals surface area contributed by atoms with Gasteiger partial charge in [0.25, 0.3) is 5.91 Å². The van der Waals surface area contributed by atoms with E-state index in [1.54, 1.807) is 0 Å². The molecule has 0 aliphatic carbocycles. The predicted octanol–water partition coefficient (Wildman–Crippen LogP) is 2.31. The summed E-state index contributed by atoms with van der Waals surface area (Å²) in [6.45, 7) is 0. The Hall–Kier alpha value is -2.21. The molecule has 0 aliphatic rings. The predicted molar refractivity (Wildman–Crippen MR) is 68.9 cm³/mol. The van der Waals surface area contributed by atoms with Crippen LogP contribution in [-0.4, -0.2) is 10.9 Å². The van der Waals surface area contributed by atoms with Crippen molar-refractivity contribution < 1.29 is 13.6 Å². The van der Waals surface area contributed by atoms with Gasteiger partial charge in [-0.2, -0.15) is 0 Å². The van der Waals surface area contributed by atoms with Crippen LogP contribution in [0.1, 0.15) is 15.9 Å². The van der Waals surface area contributed by atoms with Gasteiger partial charge in [-0.15, -0.1) is 0 Å². The van der Waals surface area contributed by atoms with Gasteiger partial charge in [0.1, 0.15) is 17.1 Å². The molecule has 6 heteroatoms. The Balaban J connectivity index is 2.29. The lowest BCUT2D eigenvalue weighted by Crippen LogP contribution is -2.17. The molecule has 18 heavy (non-hydrogen) atoms. The lowest BCUT2D eigenvalue weighted by atomic mass is 10.1. The Kier molecular flexibility index (Phi) is 3.38. The van der Waals surface area contributed by atoms with Gasteiger partial charge < -0.3 is 15.5 Å². The lowest BCUT2D eigenvalue weighted by molar-refractivity contribution is 0.102. The molecule has 0 aliphatic heterocycles. The van der Waals surface area contributed by atoms with Gasteiger partial charge in [-0.1, -0.05) is 12.2 Å². The summed E-state index contributed by atoms with van der Waals surface area (Å²) >= 11 is 4.80. The molecular formula is C12H9FN2O2S. The first kappa shape index (κ1) is 12.3. The fourth-order valence-corrected chi connectivity index (χ4v) is 1.59. The number of benzene rings is 1. The highest BCUT2D eigenvalue weighted by Crippen LogP contribution is 2.18. The number of carbonyl (C=O) groups is 1. The third kappa shape index (κ3) is 2.54. The molecule has 2 aromatic rings. The van der Waals surface area contributed by atoms with Crippen LogP contribution < -0.4 is 11.1 Å². The number of nitrogens with two attached hydrogens (primary N) is 1. The molecule has 0 bridgehead atoms. The van der Waals surface area contributed by atoms with Crippen LogP contribution in [0.2, 0.25) is 0 Å². The SMILES string of the molecule is NC(=S)c1cc(F)ccc1NC(=O)c1ccoc1. The van der Waals surface area contributed by atoms with Crippen molar-refractivity contribution in [1.29, 1.82) is 0 Å². The van der Waals surface area contributed by atoms with E-state index in [9.17, 15) is 9.18 Å². The molecular weight excluding hydrogens is 255 g/mol. The van der Waals surface area contributed by atoms with Crippen molar-refractivity contribution in [1.82, 2.24) is 0 Å². The van der Waals surface area contributed by atoms with E-state index in [-0.39, 0.29) is 16.5 Å². The molecule has 1 aromatic heterocycles. The topological polar surface area (TPSA) is 68.3 Å². The Morgan fingerprint density at radius 3 is 2.78 bits per heavy atom. The van der Waals surface area contributed by atoms with Crippen LogP contribution in [0.25, 0.3) is 0 Å². The molecule has 0 unspecified atom stereocenters. The number of rotatable bonds is 3. The third-order valence-electron chi connectivity index (χ3n) is 2.28. The number of furan rings is 1. The monoisotopic (exact) mass is 264 g/mol. The van der Waals surface area contributed by atoms with Crippen molar-refractivity contribution in [2.24, 2.45) is 5.73 Å². The number of hydrogen-bond donors (Lipinski definition) is 2. The van der Waals surface area contributed by atoms with Crippen molar-refractivity contribution in [3.05, 3.63) is 53.7 Å². The molecule has 1 aromatic carbocycles. The lowest BCUT2D eigenvalue weighted by Gasteiger charge is -2.09. The molecule has 92 valence electrons. The van der Waals surface area contributed by atoms with Crippen molar-refractivity contribution in [3.63, 3.8) is 0 Å². The number of carbonyl (C=O) groups excluding carboxylic acids is 1. The Bertz CT molecular complexity index is 596. The maximum absolute atomic E-state index is 13.1. The van der Waals surface area contributed by atoms with E-state index in [2.05, 4.69) is 5.32 Å². The van der Waals surface area contributed by atoms with Gasteiger partial charge in [0.05, 0.1) is 17.5 Å². The van der Waals surface area contributed by atoms with E-state index in [1.807, 2.05) is 0 Å². The summed E-state index contributed by atoms with van der Waals surface area (Å²) in [7, 11) is 0. The van der Waals surface area contributed by atoms with Gasteiger partial charge in [-0.25, -0.2) is 4.39 Å². The average molecular weight is 264 g/mol. The van der Waals surface area contributed by atoms with Crippen LogP contribution in [0.4, 0.5) is 10.1 Å². The van der Waals surface area contributed by atoms with Gasteiger partial charge in [-0.3, -0.25) is 4.79 Å². The fraction of sp³-hybridized carbons (Fsp3) is 0. The number of hydrogen-bond acceptors (Lipinski definition) is 3. The minimum Gasteiger partial charge on any atom is -0.472 e. The summed E-state index contributed by atoms with van der Waals surface area (Å²) in [6, 6.07) is 5.31. The molecule has 0 atom stereocenters. The van der Waals surface area contributed by atoms with Crippen molar-refractivity contribution >= 4 is 28.8 Å². The second-order valence-corrected chi connectivity index (χ2v) is 3.96.